The lowest BCUT2D eigenvalue weighted by atomic mass is 10.1. The molecule has 0 aromatic carbocycles. The standard InChI is InChI=1S/C13H28N2O2Si/c1-4-13(15-9-7-6-8-10-15)18(3)16-11-14(5-2)12-17-18/h13H,4-12H2,1-3H3. The highest BCUT2D eigenvalue weighted by Crippen LogP contribution is 2.26. The number of piperidine rings is 1. The summed E-state index contributed by atoms with van der Waals surface area (Å²) in [5.41, 5.74) is 0.525. The van der Waals surface area contributed by atoms with Gasteiger partial charge in [0.25, 0.3) is 0 Å². The second-order valence-electron chi connectivity index (χ2n) is 5.57. The molecule has 2 heterocycles. The van der Waals surface area contributed by atoms with Crippen molar-refractivity contribution < 1.29 is 8.85 Å². The zero-order chi connectivity index (χ0) is 13.0. The summed E-state index contributed by atoms with van der Waals surface area (Å²) in [4.78, 5) is 4.83. The van der Waals surface area contributed by atoms with Gasteiger partial charge in [-0.2, -0.15) is 0 Å². The summed E-state index contributed by atoms with van der Waals surface area (Å²) in [5.74, 6) is 0. The average molecular weight is 272 g/mol. The van der Waals surface area contributed by atoms with Gasteiger partial charge >= 0.3 is 8.56 Å². The molecule has 0 saturated carbocycles. The van der Waals surface area contributed by atoms with Crippen LogP contribution in [0.15, 0.2) is 0 Å². The van der Waals surface area contributed by atoms with Crippen LogP contribution in [0.25, 0.3) is 0 Å². The molecule has 0 spiro atoms. The Labute approximate surface area is 112 Å². The van der Waals surface area contributed by atoms with Crippen LogP contribution >= 0.6 is 0 Å². The van der Waals surface area contributed by atoms with E-state index in [1.54, 1.807) is 0 Å². The largest absolute Gasteiger partial charge is 0.380 e. The Bertz CT molecular complexity index is 251. The normalized spacial score (nSPS) is 28.2. The van der Waals surface area contributed by atoms with E-state index in [0.29, 0.717) is 5.67 Å². The summed E-state index contributed by atoms with van der Waals surface area (Å²) >= 11 is 0. The molecule has 0 bridgehead atoms. The predicted octanol–water partition coefficient (Wildman–Crippen LogP) is 2.15. The van der Waals surface area contributed by atoms with Gasteiger partial charge in [0.05, 0.1) is 19.1 Å². The fourth-order valence-electron chi connectivity index (χ4n) is 3.08. The average Bonchev–Trinajstić information content (AvgIpc) is 2.41. The van der Waals surface area contributed by atoms with Crippen LogP contribution in [-0.2, 0) is 8.85 Å². The maximum absolute atomic E-state index is 6.18. The van der Waals surface area contributed by atoms with Crippen LogP contribution in [0.2, 0.25) is 6.55 Å². The van der Waals surface area contributed by atoms with Crippen LogP contribution in [0.1, 0.15) is 39.5 Å². The molecule has 2 rings (SSSR count). The second kappa shape index (κ2) is 6.48. The first kappa shape index (κ1) is 14.5. The summed E-state index contributed by atoms with van der Waals surface area (Å²) in [7, 11) is -2.03. The first-order valence-corrected chi connectivity index (χ1v) is 9.83. The van der Waals surface area contributed by atoms with Gasteiger partial charge in [-0.15, -0.1) is 0 Å². The highest BCUT2D eigenvalue weighted by atomic mass is 28.4. The van der Waals surface area contributed by atoms with Gasteiger partial charge in [-0.1, -0.05) is 20.3 Å². The second-order valence-corrected chi connectivity index (χ2v) is 8.85. The zero-order valence-corrected chi connectivity index (χ0v) is 13.2. The molecule has 2 saturated heterocycles. The van der Waals surface area contributed by atoms with Gasteiger partial charge in [-0.25, -0.2) is 0 Å². The highest BCUT2D eigenvalue weighted by Gasteiger charge is 2.46. The number of nitrogens with zero attached hydrogens (tertiary/aromatic N) is 2. The van der Waals surface area contributed by atoms with Crippen LogP contribution in [0.3, 0.4) is 0 Å². The van der Waals surface area contributed by atoms with Gasteiger partial charge in [-0.3, -0.25) is 9.80 Å². The van der Waals surface area contributed by atoms with E-state index >= 15 is 0 Å². The van der Waals surface area contributed by atoms with Gasteiger partial charge in [0.15, 0.2) is 0 Å². The third-order valence-electron chi connectivity index (χ3n) is 4.34. The van der Waals surface area contributed by atoms with E-state index in [2.05, 4.69) is 30.2 Å². The molecule has 0 aliphatic carbocycles. The Hall–Kier alpha value is 0.0569. The zero-order valence-electron chi connectivity index (χ0n) is 12.2. The summed E-state index contributed by atoms with van der Waals surface area (Å²) in [5, 5.41) is 0. The quantitative estimate of drug-likeness (QED) is 0.732. The van der Waals surface area contributed by atoms with E-state index in [1.165, 1.54) is 32.4 Å². The first-order chi connectivity index (χ1) is 8.69. The van der Waals surface area contributed by atoms with Crippen molar-refractivity contribution in [2.45, 2.75) is 51.7 Å². The number of hydrogen-bond donors (Lipinski definition) is 0. The van der Waals surface area contributed by atoms with Crippen LogP contribution in [0.4, 0.5) is 0 Å². The van der Waals surface area contributed by atoms with E-state index in [9.17, 15) is 0 Å². The lowest BCUT2D eigenvalue weighted by molar-refractivity contribution is -0.0417. The molecule has 2 aliphatic rings. The molecule has 0 aromatic heterocycles. The maximum Gasteiger partial charge on any atom is 0.354 e. The van der Waals surface area contributed by atoms with Crippen molar-refractivity contribution in [3.63, 3.8) is 0 Å². The summed E-state index contributed by atoms with van der Waals surface area (Å²) in [6.07, 6.45) is 5.20. The Kier molecular flexibility index (Phi) is 5.21. The lowest BCUT2D eigenvalue weighted by Crippen LogP contribution is -2.63. The van der Waals surface area contributed by atoms with Crippen molar-refractivity contribution in [3.05, 3.63) is 0 Å². The topological polar surface area (TPSA) is 24.9 Å². The molecule has 1 unspecified atom stereocenters. The SMILES string of the molecule is CCC(N1CCCCC1)[Si]1(C)OCN(CC)CO1. The molecular formula is C13H28N2O2Si. The summed E-state index contributed by atoms with van der Waals surface area (Å²) in [6, 6.07) is 0. The van der Waals surface area contributed by atoms with Crippen molar-refractivity contribution in [1.29, 1.82) is 0 Å². The minimum Gasteiger partial charge on any atom is -0.380 e. The maximum atomic E-state index is 6.18. The van der Waals surface area contributed by atoms with Gasteiger partial charge in [0, 0.05) is 0 Å². The molecule has 0 N–H and O–H groups in total. The predicted molar refractivity (Wildman–Crippen MR) is 75.4 cm³/mol. The molecule has 2 aliphatic heterocycles. The lowest BCUT2D eigenvalue weighted by Gasteiger charge is -2.46. The number of hydrogen-bond acceptors (Lipinski definition) is 4. The molecule has 1 atom stereocenters. The Morgan fingerprint density at radius 1 is 1.06 bits per heavy atom. The molecule has 18 heavy (non-hydrogen) atoms. The third kappa shape index (κ3) is 3.14. The Morgan fingerprint density at radius 2 is 1.67 bits per heavy atom. The smallest absolute Gasteiger partial charge is 0.354 e. The minimum absolute atomic E-state index is 0.525. The van der Waals surface area contributed by atoms with Gasteiger partial charge in [-0.05, 0) is 45.4 Å². The molecule has 0 radical (unpaired) electrons. The van der Waals surface area contributed by atoms with Gasteiger partial charge in [0.1, 0.15) is 0 Å². The Balaban J connectivity index is 1.97. The monoisotopic (exact) mass is 272 g/mol. The van der Waals surface area contributed by atoms with E-state index in [4.69, 9.17) is 8.85 Å². The van der Waals surface area contributed by atoms with Crippen LogP contribution in [0, 0.1) is 0 Å². The third-order valence-corrected chi connectivity index (χ3v) is 7.73. The Morgan fingerprint density at radius 3 is 2.17 bits per heavy atom. The molecular weight excluding hydrogens is 244 g/mol. The summed E-state index contributed by atoms with van der Waals surface area (Å²) < 4.78 is 12.4. The molecule has 2 fully saturated rings. The van der Waals surface area contributed by atoms with E-state index < -0.39 is 8.56 Å². The van der Waals surface area contributed by atoms with E-state index in [-0.39, 0.29) is 0 Å². The van der Waals surface area contributed by atoms with Crippen LogP contribution < -0.4 is 0 Å². The number of rotatable bonds is 4. The van der Waals surface area contributed by atoms with Crippen LogP contribution in [-0.4, -0.2) is 57.1 Å². The van der Waals surface area contributed by atoms with Gasteiger partial charge < -0.3 is 8.85 Å². The van der Waals surface area contributed by atoms with E-state index in [1.807, 2.05) is 0 Å². The minimum atomic E-state index is -2.03. The van der Waals surface area contributed by atoms with Crippen molar-refractivity contribution in [1.82, 2.24) is 9.80 Å². The van der Waals surface area contributed by atoms with E-state index in [0.717, 1.165) is 26.4 Å². The molecule has 5 heteroatoms. The van der Waals surface area contributed by atoms with Gasteiger partial charge in [0.2, 0.25) is 0 Å². The molecule has 4 nitrogen and oxygen atoms in total. The van der Waals surface area contributed by atoms with Crippen LogP contribution in [0.5, 0.6) is 0 Å². The number of likely N-dealkylation sites (tertiary alicyclic amines) is 1. The first-order valence-electron chi connectivity index (χ1n) is 7.44. The highest BCUT2D eigenvalue weighted by molar-refractivity contribution is 6.67. The fourth-order valence-corrected chi connectivity index (χ4v) is 6.09. The molecule has 106 valence electrons. The van der Waals surface area contributed by atoms with Crippen molar-refractivity contribution in [2.24, 2.45) is 0 Å². The van der Waals surface area contributed by atoms with Crippen molar-refractivity contribution in [3.8, 4) is 0 Å². The van der Waals surface area contributed by atoms with Crippen molar-refractivity contribution >= 4 is 8.56 Å². The summed E-state index contributed by atoms with van der Waals surface area (Å²) in [6.45, 7) is 11.6. The fraction of sp³-hybridized carbons (Fsp3) is 1.00. The molecule has 0 aromatic rings. The molecule has 0 amide bonds. The van der Waals surface area contributed by atoms with Crippen molar-refractivity contribution in [2.75, 3.05) is 33.1 Å².